The maximum absolute atomic E-state index is 13.5. The van der Waals surface area contributed by atoms with Crippen molar-refractivity contribution in [2.24, 2.45) is 0 Å². The van der Waals surface area contributed by atoms with Crippen molar-refractivity contribution in [1.29, 1.82) is 0 Å². The van der Waals surface area contributed by atoms with Gasteiger partial charge in [-0.1, -0.05) is 11.6 Å². The van der Waals surface area contributed by atoms with Gasteiger partial charge in [0.25, 0.3) is 0 Å². The average Bonchev–Trinajstić information content (AvgIpc) is 2.73. The van der Waals surface area contributed by atoms with Crippen molar-refractivity contribution in [3.63, 3.8) is 0 Å². The maximum atomic E-state index is 13.5. The van der Waals surface area contributed by atoms with Crippen LogP contribution in [-0.4, -0.2) is 28.6 Å². The van der Waals surface area contributed by atoms with E-state index in [2.05, 4.69) is 9.88 Å². The highest BCUT2D eigenvalue weighted by Crippen LogP contribution is 2.37. The fraction of sp³-hybridized carbons (Fsp3) is 0.286. The van der Waals surface area contributed by atoms with Crippen LogP contribution in [0.1, 0.15) is 19.3 Å². The number of aromatic nitrogens is 1. The Morgan fingerprint density at radius 1 is 1.04 bits per heavy atom. The molecule has 2 aromatic carbocycles. The molecule has 0 saturated carbocycles. The Morgan fingerprint density at radius 3 is 2.43 bits per heavy atom. The molecule has 2 heterocycles. The first-order valence-corrected chi connectivity index (χ1v) is 11.1. The van der Waals surface area contributed by atoms with Crippen LogP contribution in [0.4, 0.5) is 5.69 Å². The number of piperidine rings is 1. The van der Waals surface area contributed by atoms with Crippen molar-refractivity contribution in [1.82, 2.24) is 0 Å². The number of rotatable bonds is 4. The monoisotopic (exact) mass is 417 g/mol. The lowest BCUT2D eigenvalue weighted by molar-refractivity contribution is -0.347. The van der Waals surface area contributed by atoms with Crippen molar-refractivity contribution in [2.45, 2.75) is 29.1 Å². The van der Waals surface area contributed by atoms with E-state index < -0.39 is 9.84 Å². The van der Waals surface area contributed by atoms with Crippen LogP contribution in [-0.2, 0) is 9.84 Å². The molecule has 1 aromatic heterocycles. The predicted molar refractivity (Wildman–Crippen MR) is 110 cm³/mol. The van der Waals surface area contributed by atoms with E-state index in [0.29, 0.717) is 10.8 Å². The highest BCUT2D eigenvalue weighted by molar-refractivity contribution is 7.91. The first-order valence-electron chi connectivity index (χ1n) is 9.29. The second-order valence-corrected chi connectivity index (χ2v) is 9.27. The fourth-order valence-electron chi connectivity index (χ4n) is 3.71. The Balaban J connectivity index is 1.94. The van der Waals surface area contributed by atoms with Crippen molar-refractivity contribution >= 4 is 38.0 Å². The minimum absolute atomic E-state index is 0.237. The molecule has 146 valence electrons. The van der Waals surface area contributed by atoms with Gasteiger partial charge in [-0.2, -0.15) is 0 Å². The maximum Gasteiger partial charge on any atom is 0.214 e. The predicted octanol–water partition coefficient (Wildman–Crippen LogP) is 4.14. The summed E-state index contributed by atoms with van der Waals surface area (Å²) in [5, 5.41) is 1.40. The molecule has 1 fully saturated rings. The van der Waals surface area contributed by atoms with Gasteiger partial charge in [-0.15, -0.1) is 0 Å². The summed E-state index contributed by atoms with van der Waals surface area (Å²) in [7, 11) is -2.16. The van der Waals surface area contributed by atoms with Gasteiger partial charge in [-0.25, -0.2) is 13.4 Å². The molecule has 0 spiro atoms. The van der Waals surface area contributed by atoms with Gasteiger partial charge >= 0.3 is 0 Å². The number of nitrogens with one attached hydrogen (secondary N) is 1. The summed E-state index contributed by atoms with van der Waals surface area (Å²) in [6.45, 7) is 1.66. The van der Waals surface area contributed by atoms with Crippen molar-refractivity contribution in [2.75, 3.05) is 25.1 Å². The summed E-state index contributed by atoms with van der Waals surface area (Å²) in [6, 6.07) is 12.0. The lowest BCUT2D eigenvalue weighted by atomic mass is 10.1. The smallest absolute Gasteiger partial charge is 0.214 e. The van der Waals surface area contributed by atoms with Crippen molar-refractivity contribution in [3.05, 3.63) is 53.7 Å². The van der Waals surface area contributed by atoms with E-state index in [1.807, 2.05) is 12.1 Å². The number of nitrogens with zero attached hydrogens (tertiary/aromatic N) is 1. The topological polar surface area (TPSA) is 60.8 Å². The number of H-pyrrole nitrogens is 1. The van der Waals surface area contributed by atoms with Crippen molar-refractivity contribution < 1.29 is 18.1 Å². The summed E-state index contributed by atoms with van der Waals surface area (Å²) in [5.74, 6) is 0.618. The molecular formula is C21H22ClN2O3S+. The third-order valence-electron chi connectivity index (χ3n) is 5.16. The van der Waals surface area contributed by atoms with E-state index in [1.165, 1.54) is 0 Å². The van der Waals surface area contributed by atoms with Gasteiger partial charge in [0.2, 0.25) is 15.4 Å². The number of methoxy groups -OCH3 is 1. The van der Waals surface area contributed by atoms with Gasteiger partial charge < -0.3 is 9.64 Å². The lowest BCUT2D eigenvalue weighted by Gasteiger charge is -2.30. The van der Waals surface area contributed by atoms with Crippen molar-refractivity contribution in [3.8, 4) is 5.75 Å². The van der Waals surface area contributed by atoms with E-state index in [0.717, 1.165) is 48.9 Å². The fourth-order valence-corrected chi connectivity index (χ4v) is 5.34. The zero-order valence-corrected chi connectivity index (χ0v) is 17.2. The van der Waals surface area contributed by atoms with Gasteiger partial charge in [0.05, 0.1) is 23.1 Å². The Bertz CT molecular complexity index is 1110. The van der Waals surface area contributed by atoms with Crippen LogP contribution in [0.3, 0.4) is 0 Å². The normalized spacial score (nSPS) is 15.0. The van der Waals surface area contributed by atoms with Crippen LogP contribution >= 0.6 is 11.6 Å². The molecule has 0 unspecified atom stereocenters. The molecule has 0 bridgehead atoms. The highest BCUT2D eigenvalue weighted by atomic mass is 35.5. The molecule has 0 aliphatic carbocycles. The first kappa shape index (κ1) is 19.0. The molecule has 3 aromatic rings. The van der Waals surface area contributed by atoms with Gasteiger partial charge in [0.15, 0.2) is 11.1 Å². The number of fused-ring (bicyclic) bond motifs is 1. The third kappa shape index (κ3) is 3.42. The zero-order valence-electron chi connectivity index (χ0n) is 15.6. The standard InChI is InChI=1S/C21H21ClN2O3S/c1-27-16-6-8-17(9-7-16)28(25,26)20-14-23-19-10-5-15(22)13-18(19)21(20)24-11-3-2-4-12-24/h5-10,13-14H,2-4,11-12H2,1H3/p+1. The molecule has 1 N–H and O–H groups in total. The van der Waals surface area contributed by atoms with Crippen LogP contribution in [0, 0.1) is 0 Å². The summed E-state index contributed by atoms with van der Waals surface area (Å²) in [4.78, 5) is 5.82. The number of hydrogen-bond donors (Lipinski definition) is 0. The minimum atomic E-state index is -3.72. The highest BCUT2D eigenvalue weighted by Gasteiger charge is 2.30. The van der Waals surface area contributed by atoms with Gasteiger partial charge in [0.1, 0.15) is 5.75 Å². The number of halogens is 1. The number of ether oxygens (including phenoxy) is 1. The SMILES string of the molecule is COc1ccc(S(=O)(=O)c2c[nH+]c3ccc(Cl)cc3c2N2CCCCC2)cc1. The van der Waals surface area contributed by atoms with Crippen LogP contribution < -0.4 is 14.6 Å². The second-order valence-electron chi connectivity index (χ2n) is 6.92. The number of pyridine rings is 1. The zero-order chi connectivity index (χ0) is 19.7. The minimum Gasteiger partial charge on any atom is -0.497 e. The Morgan fingerprint density at radius 2 is 1.75 bits per heavy atom. The van der Waals surface area contributed by atoms with Gasteiger partial charge in [0, 0.05) is 24.2 Å². The second kappa shape index (κ2) is 7.60. The Hall–Kier alpha value is -2.31. The van der Waals surface area contributed by atoms with Gasteiger partial charge in [-0.05, 0) is 55.7 Å². The Labute approximate surface area is 169 Å². The van der Waals surface area contributed by atoms with Crippen LogP contribution in [0.2, 0.25) is 5.02 Å². The number of sulfone groups is 1. The molecule has 1 aliphatic rings. The quantitative estimate of drug-likeness (QED) is 0.640. The van der Waals surface area contributed by atoms with E-state index in [4.69, 9.17) is 16.3 Å². The number of aromatic amines is 1. The molecule has 28 heavy (non-hydrogen) atoms. The summed E-state index contributed by atoms with van der Waals surface area (Å²) in [5.41, 5.74) is 1.59. The first-order chi connectivity index (χ1) is 13.5. The summed E-state index contributed by atoms with van der Waals surface area (Å²) in [6.07, 6.45) is 4.85. The number of hydrogen-bond acceptors (Lipinski definition) is 4. The molecule has 1 saturated heterocycles. The lowest BCUT2D eigenvalue weighted by Crippen LogP contribution is -2.31. The molecule has 0 amide bonds. The van der Waals surface area contributed by atoms with E-state index in [1.54, 1.807) is 43.6 Å². The Kier molecular flexibility index (Phi) is 5.17. The largest absolute Gasteiger partial charge is 0.497 e. The molecule has 0 radical (unpaired) electrons. The molecule has 7 heteroatoms. The number of benzene rings is 2. The average molecular weight is 418 g/mol. The van der Waals surface area contributed by atoms with Gasteiger partial charge in [-0.3, -0.25) is 0 Å². The summed E-state index contributed by atoms with van der Waals surface area (Å²) < 4.78 is 32.2. The number of anilines is 1. The summed E-state index contributed by atoms with van der Waals surface area (Å²) >= 11 is 6.25. The van der Waals surface area contributed by atoms with E-state index in [9.17, 15) is 8.42 Å². The molecule has 1 aliphatic heterocycles. The van der Waals surface area contributed by atoms with Crippen LogP contribution in [0.25, 0.3) is 10.9 Å². The third-order valence-corrected chi connectivity index (χ3v) is 7.18. The van der Waals surface area contributed by atoms with E-state index in [-0.39, 0.29) is 9.79 Å². The molecule has 4 rings (SSSR count). The molecule has 0 atom stereocenters. The molecular weight excluding hydrogens is 396 g/mol. The molecule has 5 nitrogen and oxygen atoms in total. The van der Waals surface area contributed by atoms with Crippen LogP contribution in [0.15, 0.2) is 58.5 Å². The van der Waals surface area contributed by atoms with E-state index >= 15 is 0 Å². The van der Waals surface area contributed by atoms with Crippen LogP contribution in [0.5, 0.6) is 5.75 Å².